The highest BCUT2D eigenvalue weighted by Gasteiger charge is 2.40. The molecule has 1 amide bonds. The Bertz CT molecular complexity index is 483. The predicted octanol–water partition coefficient (Wildman–Crippen LogP) is 1.83. The van der Waals surface area contributed by atoms with Crippen molar-refractivity contribution in [3.05, 3.63) is 29.8 Å². The van der Waals surface area contributed by atoms with E-state index in [2.05, 4.69) is 0 Å². The van der Waals surface area contributed by atoms with Crippen molar-refractivity contribution in [3.8, 4) is 5.75 Å². The second-order valence-corrected chi connectivity index (χ2v) is 4.65. The molecule has 0 aliphatic carbocycles. The SMILES string of the molecule is COc1ccc(C2CCC(C(=O)O)N2C(C)=O)cc1. The van der Waals surface area contributed by atoms with Gasteiger partial charge >= 0.3 is 5.97 Å². The highest BCUT2D eigenvalue weighted by Crippen LogP contribution is 2.36. The lowest BCUT2D eigenvalue weighted by molar-refractivity contribution is -0.148. The number of aliphatic carboxylic acids is 1. The molecule has 2 unspecified atom stereocenters. The Labute approximate surface area is 111 Å². The Morgan fingerprint density at radius 2 is 1.89 bits per heavy atom. The summed E-state index contributed by atoms with van der Waals surface area (Å²) in [6.45, 7) is 1.41. The summed E-state index contributed by atoms with van der Waals surface area (Å²) in [5.41, 5.74) is 0.944. The van der Waals surface area contributed by atoms with Gasteiger partial charge in [-0.25, -0.2) is 4.79 Å². The molecule has 1 aromatic carbocycles. The van der Waals surface area contributed by atoms with E-state index in [-0.39, 0.29) is 11.9 Å². The lowest BCUT2D eigenvalue weighted by Crippen LogP contribution is -2.40. The van der Waals surface area contributed by atoms with Gasteiger partial charge in [0.1, 0.15) is 11.8 Å². The van der Waals surface area contributed by atoms with Crippen LogP contribution in [0.25, 0.3) is 0 Å². The fourth-order valence-electron chi connectivity index (χ4n) is 2.65. The molecule has 0 bridgehead atoms. The Kier molecular flexibility index (Phi) is 3.74. The molecule has 1 aliphatic heterocycles. The second kappa shape index (κ2) is 5.30. The van der Waals surface area contributed by atoms with Gasteiger partial charge < -0.3 is 14.7 Å². The first-order valence-corrected chi connectivity index (χ1v) is 6.20. The van der Waals surface area contributed by atoms with E-state index in [0.29, 0.717) is 12.8 Å². The fraction of sp³-hybridized carbons (Fsp3) is 0.429. The summed E-state index contributed by atoms with van der Waals surface area (Å²) in [6, 6.07) is 6.52. The summed E-state index contributed by atoms with van der Waals surface area (Å²) in [6.07, 6.45) is 1.16. The molecule has 1 N–H and O–H groups in total. The lowest BCUT2D eigenvalue weighted by atomic mass is 10.0. The lowest BCUT2D eigenvalue weighted by Gasteiger charge is -2.27. The van der Waals surface area contributed by atoms with Crippen LogP contribution in [-0.4, -0.2) is 35.0 Å². The molecule has 19 heavy (non-hydrogen) atoms. The minimum atomic E-state index is -0.939. The van der Waals surface area contributed by atoms with Gasteiger partial charge in [-0.05, 0) is 30.5 Å². The van der Waals surface area contributed by atoms with E-state index in [1.807, 2.05) is 24.3 Å². The van der Waals surface area contributed by atoms with Gasteiger partial charge in [-0.15, -0.1) is 0 Å². The van der Waals surface area contributed by atoms with Crippen molar-refractivity contribution in [2.75, 3.05) is 7.11 Å². The quantitative estimate of drug-likeness (QED) is 0.903. The van der Waals surface area contributed by atoms with Crippen molar-refractivity contribution in [3.63, 3.8) is 0 Å². The Balaban J connectivity index is 2.27. The molecule has 5 nitrogen and oxygen atoms in total. The summed E-state index contributed by atoms with van der Waals surface area (Å²) in [7, 11) is 1.59. The Morgan fingerprint density at radius 3 is 2.37 bits per heavy atom. The molecular formula is C14H17NO4. The number of methoxy groups -OCH3 is 1. The van der Waals surface area contributed by atoms with Crippen LogP contribution in [0.15, 0.2) is 24.3 Å². The molecule has 0 spiro atoms. The van der Waals surface area contributed by atoms with E-state index in [4.69, 9.17) is 9.84 Å². The van der Waals surface area contributed by atoms with Crippen molar-refractivity contribution in [2.45, 2.75) is 31.8 Å². The van der Waals surface area contributed by atoms with Gasteiger partial charge in [0.25, 0.3) is 0 Å². The van der Waals surface area contributed by atoms with Crippen LogP contribution in [0.3, 0.4) is 0 Å². The fourth-order valence-corrected chi connectivity index (χ4v) is 2.65. The molecule has 1 aromatic rings. The third-order valence-electron chi connectivity index (χ3n) is 3.53. The zero-order chi connectivity index (χ0) is 14.0. The normalized spacial score (nSPS) is 22.3. The van der Waals surface area contributed by atoms with Gasteiger partial charge in [-0.2, -0.15) is 0 Å². The molecule has 2 atom stereocenters. The van der Waals surface area contributed by atoms with Crippen molar-refractivity contribution in [1.82, 2.24) is 4.90 Å². The predicted molar refractivity (Wildman–Crippen MR) is 68.9 cm³/mol. The molecule has 1 saturated heterocycles. The zero-order valence-electron chi connectivity index (χ0n) is 11.0. The van der Waals surface area contributed by atoms with E-state index in [9.17, 15) is 9.59 Å². The highest BCUT2D eigenvalue weighted by atomic mass is 16.5. The average molecular weight is 263 g/mol. The van der Waals surface area contributed by atoms with Crippen molar-refractivity contribution >= 4 is 11.9 Å². The van der Waals surface area contributed by atoms with Crippen LogP contribution in [0, 0.1) is 0 Å². The summed E-state index contributed by atoms with van der Waals surface area (Å²) in [5.74, 6) is -0.400. The molecule has 0 aromatic heterocycles. The minimum absolute atomic E-state index is 0.162. The number of amides is 1. The van der Waals surface area contributed by atoms with Crippen LogP contribution in [-0.2, 0) is 9.59 Å². The zero-order valence-corrected chi connectivity index (χ0v) is 11.0. The number of nitrogens with zero attached hydrogens (tertiary/aromatic N) is 1. The van der Waals surface area contributed by atoms with Crippen molar-refractivity contribution in [2.24, 2.45) is 0 Å². The monoisotopic (exact) mass is 263 g/mol. The number of carbonyl (C=O) groups excluding carboxylic acids is 1. The van der Waals surface area contributed by atoms with E-state index in [1.54, 1.807) is 7.11 Å². The first kappa shape index (κ1) is 13.4. The van der Waals surface area contributed by atoms with Crippen LogP contribution >= 0.6 is 0 Å². The van der Waals surface area contributed by atoms with Gasteiger partial charge in [0.05, 0.1) is 13.2 Å². The third-order valence-corrected chi connectivity index (χ3v) is 3.53. The van der Waals surface area contributed by atoms with Crippen LogP contribution in [0.4, 0.5) is 0 Å². The van der Waals surface area contributed by atoms with E-state index in [0.717, 1.165) is 11.3 Å². The molecule has 0 radical (unpaired) electrons. The number of hydrogen-bond acceptors (Lipinski definition) is 3. The number of ether oxygens (including phenoxy) is 1. The highest BCUT2D eigenvalue weighted by molar-refractivity contribution is 5.83. The number of likely N-dealkylation sites (tertiary alicyclic amines) is 1. The number of carboxylic acids is 1. The smallest absolute Gasteiger partial charge is 0.326 e. The maximum Gasteiger partial charge on any atom is 0.326 e. The average Bonchev–Trinajstić information content (AvgIpc) is 2.83. The summed E-state index contributed by atoms with van der Waals surface area (Å²) >= 11 is 0. The summed E-state index contributed by atoms with van der Waals surface area (Å²) in [4.78, 5) is 24.3. The molecule has 2 rings (SSSR count). The first-order valence-electron chi connectivity index (χ1n) is 6.20. The second-order valence-electron chi connectivity index (χ2n) is 4.65. The molecule has 5 heteroatoms. The number of rotatable bonds is 3. The molecule has 1 fully saturated rings. The first-order chi connectivity index (χ1) is 9.04. The van der Waals surface area contributed by atoms with Crippen LogP contribution < -0.4 is 4.74 Å². The Hall–Kier alpha value is -2.04. The van der Waals surface area contributed by atoms with E-state index >= 15 is 0 Å². The largest absolute Gasteiger partial charge is 0.497 e. The molecule has 0 saturated carbocycles. The molecule has 1 aliphatic rings. The van der Waals surface area contributed by atoms with E-state index < -0.39 is 12.0 Å². The van der Waals surface area contributed by atoms with Crippen molar-refractivity contribution < 1.29 is 19.4 Å². The number of carbonyl (C=O) groups is 2. The topological polar surface area (TPSA) is 66.8 Å². The van der Waals surface area contributed by atoms with Gasteiger partial charge in [0.15, 0.2) is 0 Å². The number of benzene rings is 1. The van der Waals surface area contributed by atoms with Gasteiger partial charge in [-0.3, -0.25) is 4.79 Å². The standard InChI is InChI=1S/C14H17NO4/c1-9(16)15-12(7-8-13(15)14(17)18)10-3-5-11(19-2)6-4-10/h3-6,12-13H,7-8H2,1-2H3,(H,17,18). The van der Waals surface area contributed by atoms with Crippen LogP contribution in [0.1, 0.15) is 31.4 Å². The van der Waals surface area contributed by atoms with E-state index in [1.165, 1.54) is 11.8 Å². The maximum atomic E-state index is 11.7. The third kappa shape index (κ3) is 2.54. The van der Waals surface area contributed by atoms with Gasteiger partial charge in [0, 0.05) is 6.92 Å². The number of carboxylic acid groups (broad SMARTS) is 1. The van der Waals surface area contributed by atoms with Gasteiger partial charge in [0.2, 0.25) is 5.91 Å². The minimum Gasteiger partial charge on any atom is -0.497 e. The van der Waals surface area contributed by atoms with Crippen LogP contribution in [0.2, 0.25) is 0 Å². The summed E-state index contributed by atoms with van der Waals surface area (Å²) < 4.78 is 5.09. The summed E-state index contributed by atoms with van der Waals surface area (Å²) in [5, 5.41) is 9.17. The van der Waals surface area contributed by atoms with Gasteiger partial charge in [-0.1, -0.05) is 12.1 Å². The molecular weight excluding hydrogens is 246 g/mol. The molecule has 1 heterocycles. The molecule has 102 valence electrons. The Morgan fingerprint density at radius 1 is 1.26 bits per heavy atom. The van der Waals surface area contributed by atoms with Crippen LogP contribution in [0.5, 0.6) is 5.75 Å². The maximum absolute atomic E-state index is 11.7. The van der Waals surface area contributed by atoms with Crippen molar-refractivity contribution in [1.29, 1.82) is 0 Å². The number of hydrogen-bond donors (Lipinski definition) is 1.